The lowest BCUT2D eigenvalue weighted by Crippen LogP contribution is -2.05. The highest BCUT2D eigenvalue weighted by molar-refractivity contribution is 7.13. The van der Waals surface area contributed by atoms with Gasteiger partial charge in [0.05, 0.1) is 16.6 Å². The van der Waals surface area contributed by atoms with Crippen molar-refractivity contribution in [3.05, 3.63) is 41.5 Å². The minimum absolute atomic E-state index is 0.283. The lowest BCUT2D eigenvalue weighted by atomic mass is 10.1. The maximum atomic E-state index is 11.5. The Kier molecular flexibility index (Phi) is 2.41. The number of thiophene rings is 1. The largest absolute Gasteiger partial charge is 0.477 e. The molecular weight excluding hydrogens is 248 g/mol. The van der Waals surface area contributed by atoms with Crippen LogP contribution in [0, 0.1) is 0 Å². The van der Waals surface area contributed by atoms with Gasteiger partial charge >= 0.3 is 5.97 Å². The topological polar surface area (TPSA) is 55.1 Å². The fourth-order valence-electron chi connectivity index (χ4n) is 2.17. The molecule has 0 bridgehead atoms. The van der Waals surface area contributed by atoms with Crippen molar-refractivity contribution in [3.63, 3.8) is 0 Å². The zero-order valence-corrected chi connectivity index (χ0v) is 10.4. The molecule has 18 heavy (non-hydrogen) atoms. The molecule has 0 fully saturated rings. The summed E-state index contributed by atoms with van der Waals surface area (Å²) < 4.78 is 1.68. The van der Waals surface area contributed by atoms with Crippen molar-refractivity contribution in [1.82, 2.24) is 9.55 Å². The van der Waals surface area contributed by atoms with Crippen molar-refractivity contribution in [2.45, 2.75) is 0 Å². The van der Waals surface area contributed by atoms with Crippen LogP contribution in [0.1, 0.15) is 10.5 Å². The van der Waals surface area contributed by atoms with E-state index in [2.05, 4.69) is 4.98 Å². The Labute approximate surface area is 107 Å². The molecule has 0 amide bonds. The molecule has 0 aromatic carbocycles. The number of hydrogen-bond acceptors (Lipinski definition) is 3. The lowest BCUT2D eigenvalue weighted by Gasteiger charge is -2.00. The zero-order chi connectivity index (χ0) is 12.7. The van der Waals surface area contributed by atoms with Crippen LogP contribution in [0.15, 0.2) is 35.8 Å². The number of carboxylic acid groups (broad SMARTS) is 1. The number of rotatable bonds is 2. The lowest BCUT2D eigenvalue weighted by molar-refractivity contribution is 0.0688. The third-order valence-electron chi connectivity index (χ3n) is 2.93. The van der Waals surface area contributed by atoms with Crippen LogP contribution < -0.4 is 0 Å². The smallest absolute Gasteiger partial charge is 0.353 e. The minimum atomic E-state index is -0.932. The minimum Gasteiger partial charge on any atom is -0.477 e. The van der Waals surface area contributed by atoms with Gasteiger partial charge in [-0.15, -0.1) is 11.3 Å². The Morgan fingerprint density at radius 1 is 1.39 bits per heavy atom. The number of nitrogens with zero attached hydrogens (tertiary/aromatic N) is 2. The molecule has 90 valence electrons. The van der Waals surface area contributed by atoms with E-state index in [1.54, 1.807) is 17.8 Å². The van der Waals surface area contributed by atoms with Gasteiger partial charge in [0.2, 0.25) is 0 Å². The van der Waals surface area contributed by atoms with E-state index in [1.165, 1.54) is 11.3 Å². The fraction of sp³-hybridized carbons (Fsp3) is 0.0769. The van der Waals surface area contributed by atoms with Gasteiger partial charge in [-0.1, -0.05) is 6.07 Å². The van der Waals surface area contributed by atoms with E-state index in [0.29, 0.717) is 5.56 Å². The van der Waals surface area contributed by atoms with Crippen LogP contribution in [0.5, 0.6) is 0 Å². The molecule has 0 radical (unpaired) electrons. The Bertz CT molecular complexity index is 729. The molecule has 5 heteroatoms. The molecule has 0 aliphatic heterocycles. The molecule has 3 aromatic rings. The number of hydrogen-bond donors (Lipinski definition) is 1. The van der Waals surface area contributed by atoms with Crippen molar-refractivity contribution in [2.75, 3.05) is 0 Å². The molecule has 0 saturated carbocycles. The molecule has 0 atom stereocenters. The number of aromatic nitrogens is 2. The van der Waals surface area contributed by atoms with Crippen molar-refractivity contribution in [1.29, 1.82) is 0 Å². The van der Waals surface area contributed by atoms with E-state index in [0.717, 1.165) is 15.9 Å². The molecule has 3 rings (SSSR count). The summed E-state index contributed by atoms with van der Waals surface area (Å²) in [6.45, 7) is 0. The first-order valence-electron chi connectivity index (χ1n) is 5.40. The highest BCUT2D eigenvalue weighted by Crippen LogP contribution is 2.35. The molecular formula is C13H10N2O2S. The van der Waals surface area contributed by atoms with Gasteiger partial charge in [0.25, 0.3) is 0 Å². The Morgan fingerprint density at radius 3 is 2.89 bits per heavy atom. The van der Waals surface area contributed by atoms with E-state index < -0.39 is 5.97 Å². The number of aryl methyl sites for hydroxylation is 1. The Morgan fingerprint density at radius 2 is 2.22 bits per heavy atom. The van der Waals surface area contributed by atoms with Crippen LogP contribution in [0.3, 0.4) is 0 Å². The standard InChI is InChI=1S/C13H10N2O2S/c1-15-8-4-2-6-14-11(8)10(12(15)13(16)17)9-5-3-7-18-9/h2-7H,1H3,(H,16,17). The van der Waals surface area contributed by atoms with Crippen molar-refractivity contribution < 1.29 is 9.90 Å². The summed E-state index contributed by atoms with van der Waals surface area (Å²) in [7, 11) is 1.75. The first-order chi connectivity index (χ1) is 8.70. The van der Waals surface area contributed by atoms with Crippen LogP contribution in [-0.4, -0.2) is 20.6 Å². The second-order valence-corrected chi connectivity index (χ2v) is 4.88. The van der Waals surface area contributed by atoms with Crippen LogP contribution in [0.25, 0.3) is 21.5 Å². The van der Waals surface area contributed by atoms with E-state index in [-0.39, 0.29) is 5.69 Å². The van der Waals surface area contributed by atoms with Crippen LogP contribution in [0.4, 0.5) is 0 Å². The van der Waals surface area contributed by atoms with Gasteiger partial charge in [0.15, 0.2) is 0 Å². The summed E-state index contributed by atoms with van der Waals surface area (Å²) in [6.07, 6.45) is 1.69. The maximum absolute atomic E-state index is 11.5. The molecule has 0 aliphatic rings. The number of fused-ring (bicyclic) bond motifs is 1. The SMILES string of the molecule is Cn1c(C(=O)O)c(-c2cccs2)c2ncccc21. The van der Waals surface area contributed by atoms with Crippen molar-refractivity contribution in [3.8, 4) is 10.4 Å². The summed E-state index contributed by atoms with van der Waals surface area (Å²) in [4.78, 5) is 16.7. The summed E-state index contributed by atoms with van der Waals surface area (Å²) in [5.41, 5.74) is 2.56. The third kappa shape index (κ3) is 1.44. The molecule has 4 nitrogen and oxygen atoms in total. The van der Waals surface area contributed by atoms with Crippen LogP contribution in [0.2, 0.25) is 0 Å². The van der Waals surface area contributed by atoms with Gasteiger partial charge in [0.1, 0.15) is 5.69 Å². The molecule has 0 saturated heterocycles. The average Bonchev–Trinajstić information content (AvgIpc) is 2.96. The number of carbonyl (C=O) groups is 1. The second-order valence-electron chi connectivity index (χ2n) is 3.94. The highest BCUT2D eigenvalue weighted by Gasteiger charge is 2.22. The molecule has 3 heterocycles. The maximum Gasteiger partial charge on any atom is 0.353 e. The molecule has 1 N–H and O–H groups in total. The van der Waals surface area contributed by atoms with Crippen LogP contribution in [-0.2, 0) is 7.05 Å². The fourth-order valence-corrected chi connectivity index (χ4v) is 2.94. The molecule has 0 spiro atoms. The van der Waals surface area contributed by atoms with Crippen LogP contribution >= 0.6 is 11.3 Å². The quantitative estimate of drug-likeness (QED) is 0.768. The van der Waals surface area contributed by atoms with Crippen molar-refractivity contribution in [2.24, 2.45) is 7.05 Å². The highest BCUT2D eigenvalue weighted by atomic mass is 32.1. The predicted octanol–water partition coefficient (Wildman–Crippen LogP) is 3.00. The Hall–Kier alpha value is -2.14. The average molecular weight is 258 g/mol. The van der Waals surface area contributed by atoms with Gasteiger partial charge in [-0.25, -0.2) is 4.79 Å². The summed E-state index contributed by atoms with van der Waals surface area (Å²) in [6, 6.07) is 7.52. The number of carboxylic acids is 1. The normalized spacial score (nSPS) is 10.9. The zero-order valence-electron chi connectivity index (χ0n) is 9.62. The first-order valence-corrected chi connectivity index (χ1v) is 6.28. The van der Waals surface area contributed by atoms with Gasteiger partial charge in [-0.2, -0.15) is 0 Å². The van der Waals surface area contributed by atoms with E-state index >= 15 is 0 Å². The van der Waals surface area contributed by atoms with Gasteiger partial charge < -0.3 is 9.67 Å². The van der Waals surface area contributed by atoms with Gasteiger partial charge in [-0.3, -0.25) is 4.98 Å². The molecule has 0 unspecified atom stereocenters. The Balaban J connectivity index is 2.48. The number of aromatic carboxylic acids is 1. The number of pyridine rings is 1. The summed E-state index contributed by atoms with van der Waals surface area (Å²) in [5.74, 6) is -0.932. The second kappa shape index (κ2) is 3.96. The van der Waals surface area contributed by atoms with E-state index in [9.17, 15) is 9.90 Å². The van der Waals surface area contributed by atoms with E-state index in [1.807, 2.05) is 29.6 Å². The summed E-state index contributed by atoms with van der Waals surface area (Å²) >= 11 is 1.52. The first kappa shape index (κ1) is 11.0. The molecule has 0 aliphatic carbocycles. The summed E-state index contributed by atoms with van der Waals surface area (Å²) in [5, 5.41) is 11.3. The van der Waals surface area contributed by atoms with Gasteiger partial charge in [0, 0.05) is 18.1 Å². The van der Waals surface area contributed by atoms with E-state index in [4.69, 9.17) is 0 Å². The predicted molar refractivity (Wildman–Crippen MR) is 71.0 cm³/mol. The van der Waals surface area contributed by atoms with Gasteiger partial charge in [-0.05, 0) is 23.6 Å². The van der Waals surface area contributed by atoms with Crippen molar-refractivity contribution >= 4 is 28.3 Å². The third-order valence-corrected chi connectivity index (χ3v) is 3.81. The molecule has 3 aromatic heterocycles. The monoisotopic (exact) mass is 258 g/mol.